The van der Waals surface area contributed by atoms with Crippen LogP contribution in [0.25, 0.3) is 0 Å². The van der Waals surface area contributed by atoms with Crippen molar-refractivity contribution in [3.63, 3.8) is 0 Å². The number of nitrogens with two attached hydrogens (primary N) is 1. The Kier molecular flexibility index (Phi) is 2.15. The molecule has 0 aliphatic heterocycles. The quantitative estimate of drug-likeness (QED) is 0.505. The molecule has 48 valence electrons. The van der Waals surface area contributed by atoms with Crippen molar-refractivity contribution >= 4 is 25.1 Å². The van der Waals surface area contributed by atoms with Crippen molar-refractivity contribution in [1.29, 1.82) is 0 Å². The van der Waals surface area contributed by atoms with Crippen LogP contribution < -0.4 is 10.2 Å². The van der Waals surface area contributed by atoms with Gasteiger partial charge in [0.25, 0.3) is 0 Å². The van der Waals surface area contributed by atoms with E-state index in [0.29, 0.717) is 15.0 Å². The summed E-state index contributed by atoms with van der Waals surface area (Å²) >= 11 is 0.579. The number of anilines is 1. The van der Waals surface area contributed by atoms with Crippen molar-refractivity contribution in [2.45, 2.75) is 5.82 Å². The Balaban J connectivity index is 2.94. The Morgan fingerprint density at radius 3 is 2.67 bits per heavy atom. The van der Waals surface area contributed by atoms with Gasteiger partial charge in [-0.2, -0.15) is 0 Å². The van der Waals surface area contributed by atoms with Crippen molar-refractivity contribution in [2.75, 3.05) is 5.73 Å². The molecule has 0 spiro atoms. The average Bonchev–Trinajstić information content (AvgIpc) is 1.88. The maximum atomic E-state index is 5.54. The minimum absolute atomic E-state index is 0.579. The van der Waals surface area contributed by atoms with Crippen LogP contribution in [0.5, 0.6) is 0 Å². The molecule has 0 amide bonds. The molecule has 0 heterocycles. The maximum absolute atomic E-state index is 5.54. The molecule has 1 rings (SSSR count). The van der Waals surface area contributed by atoms with Crippen molar-refractivity contribution in [1.82, 2.24) is 0 Å². The molecule has 2 N–H and O–H groups in total. The summed E-state index contributed by atoms with van der Waals surface area (Å²) in [4.78, 5) is 0. The van der Waals surface area contributed by atoms with Gasteiger partial charge in [0.2, 0.25) is 0 Å². The summed E-state index contributed by atoms with van der Waals surface area (Å²) in [7, 11) is 0. The van der Waals surface area contributed by atoms with Gasteiger partial charge in [-0.05, 0) is 0 Å². The summed E-state index contributed by atoms with van der Waals surface area (Å²) in [6.45, 7) is 0. The monoisotopic (exact) mass is 187 g/mol. The SMILES string of the molecule is C[Se]c1cccc(N)c1. The second-order valence-corrected chi connectivity index (χ2v) is 3.62. The van der Waals surface area contributed by atoms with Crippen molar-refractivity contribution in [3.05, 3.63) is 24.3 Å². The summed E-state index contributed by atoms with van der Waals surface area (Å²) in [5.41, 5.74) is 6.42. The second kappa shape index (κ2) is 2.90. The second-order valence-electron chi connectivity index (χ2n) is 1.78. The molecule has 0 saturated heterocycles. The van der Waals surface area contributed by atoms with E-state index in [2.05, 4.69) is 11.9 Å². The van der Waals surface area contributed by atoms with E-state index < -0.39 is 0 Å². The summed E-state index contributed by atoms with van der Waals surface area (Å²) in [6, 6.07) is 8.04. The third kappa shape index (κ3) is 1.74. The first-order chi connectivity index (χ1) is 4.33. The Morgan fingerprint density at radius 2 is 2.22 bits per heavy atom. The van der Waals surface area contributed by atoms with Crippen LogP contribution in [-0.4, -0.2) is 15.0 Å². The Labute approximate surface area is 61.4 Å². The van der Waals surface area contributed by atoms with Crippen LogP contribution in [0.3, 0.4) is 0 Å². The predicted octanol–water partition coefficient (Wildman–Crippen LogP) is 0.646. The zero-order valence-electron chi connectivity index (χ0n) is 5.29. The molecule has 0 bridgehead atoms. The normalized spacial score (nSPS) is 9.44. The fraction of sp³-hybridized carbons (Fsp3) is 0.143. The van der Waals surface area contributed by atoms with Gasteiger partial charge in [-0.1, -0.05) is 0 Å². The Morgan fingerprint density at radius 1 is 1.44 bits per heavy atom. The van der Waals surface area contributed by atoms with Crippen LogP contribution in [0, 0.1) is 0 Å². The van der Waals surface area contributed by atoms with Crippen LogP contribution in [0.2, 0.25) is 5.82 Å². The van der Waals surface area contributed by atoms with E-state index >= 15 is 0 Å². The van der Waals surface area contributed by atoms with Crippen LogP contribution in [0.4, 0.5) is 5.69 Å². The zero-order valence-corrected chi connectivity index (χ0v) is 7.01. The number of rotatable bonds is 1. The van der Waals surface area contributed by atoms with E-state index in [1.807, 2.05) is 18.2 Å². The van der Waals surface area contributed by atoms with Crippen LogP contribution >= 0.6 is 0 Å². The van der Waals surface area contributed by atoms with E-state index in [9.17, 15) is 0 Å². The van der Waals surface area contributed by atoms with Crippen molar-refractivity contribution < 1.29 is 0 Å². The van der Waals surface area contributed by atoms with E-state index in [-0.39, 0.29) is 0 Å². The Bertz CT molecular complexity index is 198. The number of hydrogen-bond donors (Lipinski definition) is 1. The molecule has 0 saturated carbocycles. The van der Waals surface area contributed by atoms with Gasteiger partial charge in [-0.3, -0.25) is 0 Å². The van der Waals surface area contributed by atoms with E-state index in [4.69, 9.17) is 5.73 Å². The fourth-order valence-corrected chi connectivity index (χ4v) is 1.62. The van der Waals surface area contributed by atoms with E-state index in [0.717, 1.165) is 5.69 Å². The first-order valence-corrected chi connectivity index (χ1v) is 5.29. The topological polar surface area (TPSA) is 26.0 Å². The molecule has 1 nitrogen and oxygen atoms in total. The molecule has 0 aliphatic rings. The van der Waals surface area contributed by atoms with Gasteiger partial charge < -0.3 is 0 Å². The van der Waals surface area contributed by atoms with Crippen molar-refractivity contribution in [3.8, 4) is 0 Å². The number of nitrogen functional groups attached to an aromatic ring is 1. The predicted molar refractivity (Wildman–Crippen MR) is 42.1 cm³/mol. The van der Waals surface area contributed by atoms with Gasteiger partial charge in [0, 0.05) is 0 Å². The molecule has 0 radical (unpaired) electrons. The Hall–Kier alpha value is -0.461. The van der Waals surface area contributed by atoms with Gasteiger partial charge >= 0.3 is 60.9 Å². The molecule has 9 heavy (non-hydrogen) atoms. The first kappa shape index (κ1) is 6.66. The molecule has 2 heteroatoms. The first-order valence-electron chi connectivity index (χ1n) is 2.72. The summed E-state index contributed by atoms with van der Waals surface area (Å²) in [5, 5.41) is 0. The molecular formula is C7H9NSe. The third-order valence-electron chi connectivity index (χ3n) is 1.09. The van der Waals surface area contributed by atoms with Gasteiger partial charge in [-0.15, -0.1) is 0 Å². The van der Waals surface area contributed by atoms with E-state index in [1.54, 1.807) is 0 Å². The van der Waals surface area contributed by atoms with Gasteiger partial charge in [0.15, 0.2) is 0 Å². The molecule has 0 fully saturated rings. The van der Waals surface area contributed by atoms with Crippen LogP contribution in [-0.2, 0) is 0 Å². The van der Waals surface area contributed by atoms with E-state index in [1.165, 1.54) is 4.46 Å². The fourth-order valence-electron chi connectivity index (χ4n) is 0.642. The van der Waals surface area contributed by atoms with Crippen molar-refractivity contribution in [2.24, 2.45) is 0 Å². The average molecular weight is 186 g/mol. The molecule has 0 aliphatic carbocycles. The molecular weight excluding hydrogens is 177 g/mol. The summed E-state index contributed by atoms with van der Waals surface area (Å²) in [5.74, 6) is 2.18. The molecule has 0 unspecified atom stereocenters. The van der Waals surface area contributed by atoms with Gasteiger partial charge in [0.05, 0.1) is 0 Å². The van der Waals surface area contributed by atoms with Gasteiger partial charge in [-0.25, -0.2) is 0 Å². The molecule has 1 aromatic rings. The summed E-state index contributed by atoms with van der Waals surface area (Å²) < 4.78 is 1.36. The molecule has 0 atom stereocenters. The molecule has 1 aromatic carbocycles. The van der Waals surface area contributed by atoms with Crippen LogP contribution in [0.15, 0.2) is 24.3 Å². The zero-order chi connectivity index (χ0) is 6.69. The van der Waals surface area contributed by atoms with Crippen LogP contribution in [0.1, 0.15) is 0 Å². The van der Waals surface area contributed by atoms with Gasteiger partial charge in [0.1, 0.15) is 0 Å². The standard InChI is InChI=1S/C7H9NSe/c1-9-7-4-2-3-6(8)5-7/h2-5H,8H2,1H3. The number of hydrogen-bond acceptors (Lipinski definition) is 1. The minimum atomic E-state index is 0.579. The summed E-state index contributed by atoms with van der Waals surface area (Å²) in [6.07, 6.45) is 0. The number of benzene rings is 1. The third-order valence-corrected chi connectivity index (χ3v) is 2.62. The molecule has 0 aromatic heterocycles.